The van der Waals surface area contributed by atoms with Crippen LogP contribution in [0.3, 0.4) is 0 Å². The van der Waals surface area contributed by atoms with E-state index in [9.17, 15) is 18.0 Å². The summed E-state index contributed by atoms with van der Waals surface area (Å²) in [5.41, 5.74) is 3.83. The van der Waals surface area contributed by atoms with Gasteiger partial charge in [-0.15, -0.1) is 11.3 Å². The molecule has 0 saturated carbocycles. The summed E-state index contributed by atoms with van der Waals surface area (Å²) in [5.74, 6) is -1.50. The number of rotatable bonds is 9. The molecule has 3 N–H and O–H groups in total. The van der Waals surface area contributed by atoms with E-state index in [4.69, 9.17) is 9.84 Å². The minimum Gasteiger partial charge on any atom is -0.481 e. The Bertz CT molecular complexity index is 1310. The number of hydrogen-bond donors (Lipinski definition) is 3. The van der Waals surface area contributed by atoms with Gasteiger partial charge in [0.2, 0.25) is 0 Å². The Morgan fingerprint density at radius 1 is 1.21 bits per heavy atom. The number of amides is 1. The van der Waals surface area contributed by atoms with Crippen LogP contribution in [0.2, 0.25) is 0 Å². The number of carboxylic acids is 1. The van der Waals surface area contributed by atoms with Crippen molar-refractivity contribution in [3.63, 3.8) is 0 Å². The highest BCUT2D eigenvalue weighted by Gasteiger charge is 2.20. The Morgan fingerprint density at radius 2 is 2.00 bits per heavy atom. The molecule has 9 nitrogen and oxygen atoms in total. The van der Waals surface area contributed by atoms with Gasteiger partial charge in [0.05, 0.1) is 17.5 Å². The standard InChI is InChI=1S/C21H18BrN3O6S2/c1-13-4-7-18(31-12-19(26)27)14(9-13)11-23-24-21(28)16-10-15(22)5-6-17(16)25-33(29,30)20-3-2-8-32-20/h2-11,25H,12H2,1H3,(H,24,28)(H,26,27)/b23-11-. The van der Waals surface area contributed by atoms with Crippen molar-refractivity contribution in [3.05, 3.63) is 75.1 Å². The summed E-state index contributed by atoms with van der Waals surface area (Å²) in [6, 6.07) is 12.7. The van der Waals surface area contributed by atoms with E-state index in [-0.39, 0.29) is 21.2 Å². The number of thiophene rings is 1. The fourth-order valence-corrected chi connectivity index (χ4v) is 5.10. The third-order valence-electron chi connectivity index (χ3n) is 4.12. The van der Waals surface area contributed by atoms with Crippen molar-refractivity contribution in [2.75, 3.05) is 11.3 Å². The van der Waals surface area contributed by atoms with Crippen molar-refractivity contribution in [1.82, 2.24) is 5.43 Å². The summed E-state index contributed by atoms with van der Waals surface area (Å²) in [6.45, 7) is 1.31. The minimum atomic E-state index is -3.86. The number of carbonyl (C=O) groups excluding carboxylic acids is 1. The number of carbonyl (C=O) groups is 2. The molecule has 0 bridgehead atoms. The third-order valence-corrected chi connectivity index (χ3v) is 7.37. The molecule has 3 rings (SSSR count). The van der Waals surface area contributed by atoms with Crippen molar-refractivity contribution in [1.29, 1.82) is 0 Å². The molecular formula is C21H18BrN3O6S2. The lowest BCUT2D eigenvalue weighted by Gasteiger charge is -2.11. The van der Waals surface area contributed by atoms with Gasteiger partial charge >= 0.3 is 5.97 Å². The van der Waals surface area contributed by atoms with Gasteiger partial charge in [0.25, 0.3) is 15.9 Å². The fourth-order valence-electron chi connectivity index (χ4n) is 2.67. The number of hydrogen-bond acceptors (Lipinski definition) is 7. The summed E-state index contributed by atoms with van der Waals surface area (Å²) in [7, 11) is -3.86. The van der Waals surface area contributed by atoms with E-state index in [1.54, 1.807) is 35.7 Å². The van der Waals surface area contributed by atoms with Crippen LogP contribution in [-0.4, -0.2) is 38.2 Å². The molecule has 0 radical (unpaired) electrons. The maximum Gasteiger partial charge on any atom is 0.341 e. The van der Waals surface area contributed by atoms with Crippen LogP contribution >= 0.6 is 27.3 Å². The van der Waals surface area contributed by atoms with Gasteiger partial charge in [-0.05, 0) is 48.7 Å². The molecule has 0 fully saturated rings. The lowest BCUT2D eigenvalue weighted by molar-refractivity contribution is -0.139. The number of carboxylic acid groups (broad SMARTS) is 1. The second kappa shape index (κ2) is 10.6. The second-order valence-electron chi connectivity index (χ2n) is 6.65. The summed E-state index contributed by atoms with van der Waals surface area (Å²) in [4.78, 5) is 23.5. The zero-order chi connectivity index (χ0) is 24.0. The van der Waals surface area contributed by atoms with Crippen molar-refractivity contribution in [3.8, 4) is 5.75 Å². The van der Waals surface area contributed by atoms with E-state index >= 15 is 0 Å². The molecule has 0 saturated heterocycles. The minimum absolute atomic E-state index is 0.0493. The average Bonchev–Trinajstić information content (AvgIpc) is 3.30. The highest BCUT2D eigenvalue weighted by Crippen LogP contribution is 2.26. The highest BCUT2D eigenvalue weighted by atomic mass is 79.9. The van der Waals surface area contributed by atoms with Crippen LogP contribution in [0.1, 0.15) is 21.5 Å². The van der Waals surface area contributed by atoms with Crippen molar-refractivity contribution in [2.24, 2.45) is 5.10 Å². The lowest BCUT2D eigenvalue weighted by atomic mass is 10.1. The van der Waals surface area contributed by atoms with E-state index in [0.29, 0.717) is 10.0 Å². The van der Waals surface area contributed by atoms with E-state index in [1.165, 1.54) is 24.4 Å². The fraction of sp³-hybridized carbons (Fsp3) is 0.0952. The Kier molecular flexibility index (Phi) is 7.84. The van der Waals surface area contributed by atoms with Gasteiger partial charge < -0.3 is 9.84 Å². The number of nitrogens with one attached hydrogen (secondary N) is 2. The van der Waals surface area contributed by atoms with Crippen LogP contribution in [0.4, 0.5) is 5.69 Å². The maximum absolute atomic E-state index is 12.8. The van der Waals surface area contributed by atoms with Gasteiger partial charge in [-0.2, -0.15) is 5.10 Å². The van der Waals surface area contributed by atoms with Crippen LogP contribution in [0.5, 0.6) is 5.75 Å². The number of nitrogens with zero attached hydrogens (tertiary/aromatic N) is 1. The summed E-state index contributed by atoms with van der Waals surface area (Å²) in [6.07, 6.45) is 1.32. The molecule has 1 aromatic heterocycles. The molecule has 3 aromatic rings. The Labute approximate surface area is 202 Å². The van der Waals surface area contributed by atoms with Gasteiger partial charge in [-0.3, -0.25) is 9.52 Å². The van der Waals surface area contributed by atoms with Crippen LogP contribution < -0.4 is 14.9 Å². The van der Waals surface area contributed by atoms with Gasteiger partial charge in [0, 0.05) is 10.0 Å². The zero-order valence-electron chi connectivity index (χ0n) is 17.1. The second-order valence-corrected chi connectivity index (χ2v) is 10.4. The SMILES string of the molecule is Cc1ccc(OCC(=O)O)c(/C=N\NC(=O)c2cc(Br)ccc2NS(=O)(=O)c2cccs2)c1. The number of halogens is 1. The maximum atomic E-state index is 12.8. The first-order valence-corrected chi connectivity index (χ1v) is 12.5. The molecule has 1 amide bonds. The van der Waals surface area contributed by atoms with E-state index in [2.05, 4.69) is 31.2 Å². The first-order valence-electron chi connectivity index (χ1n) is 9.30. The van der Waals surface area contributed by atoms with Crippen molar-refractivity contribution < 1.29 is 27.9 Å². The van der Waals surface area contributed by atoms with Gasteiger partial charge in [-0.1, -0.05) is 33.6 Å². The molecule has 33 heavy (non-hydrogen) atoms. The Morgan fingerprint density at radius 3 is 2.70 bits per heavy atom. The summed E-state index contributed by atoms with van der Waals surface area (Å²) in [5, 5.41) is 14.4. The topological polar surface area (TPSA) is 134 Å². The van der Waals surface area contributed by atoms with Gasteiger partial charge in [-0.25, -0.2) is 18.6 Å². The zero-order valence-corrected chi connectivity index (χ0v) is 20.3. The van der Waals surface area contributed by atoms with Crippen LogP contribution in [-0.2, 0) is 14.8 Å². The molecule has 0 aliphatic heterocycles. The molecule has 0 aliphatic rings. The lowest BCUT2D eigenvalue weighted by Crippen LogP contribution is -2.21. The summed E-state index contributed by atoms with van der Waals surface area (Å²) >= 11 is 4.33. The molecule has 12 heteroatoms. The Balaban J connectivity index is 1.80. The number of benzene rings is 2. The molecule has 172 valence electrons. The number of anilines is 1. The molecule has 0 spiro atoms. The molecule has 1 heterocycles. The smallest absolute Gasteiger partial charge is 0.341 e. The molecule has 0 aliphatic carbocycles. The largest absolute Gasteiger partial charge is 0.481 e. The van der Waals surface area contributed by atoms with E-state index in [1.807, 2.05) is 6.92 Å². The predicted octanol–water partition coefficient (Wildman–Crippen LogP) is 3.85. The third kappa shape index (κ3) is 6.63. The first-order chi connectivity index (χ1) is 15.7. The molecular weight excluding hydrogens is 534 g/mol. The number of sulfonamides is 1. The van der Waals surface area contributed by atoms with E-state index < -0.39 is 28.5 Å². The quantitative estimate of drug-likeness (QED) is 0.273. The normalized spacial score (nSPS) is 11.3. The highest BCUT2D eigenvalue weighted by molar-refractivity contribution is 9.10. The number of aliphatic carboxylic acids is 1. The molecule has 0 atom stereocenters. The summed E-state index contributed by atoms with van der Waals surface area (Å²) < 4.78 is 33.5. The number of ether oxygens (including phenoxy) is 1. The van der Waals surface area contributed by atoms with Crippen LogP contribution in [0.15, 0.2) is 67.7 Å². The predicted molar refractivity (Wildman–Crippen MR) is 129 cm³/mol. The van der Waals surface area contributed by atoms with Crippen molar-refractivity contribution in [2.45, 2.75) is 11.1 Å². The monoisotopic (exact) mass is 551 g/mol. The van der Waals surface area contributed by atoms with Crippen LogP contribution in [0.25, 0.3) is 0 Å². The van der Waals surface area contributed by atoms with E-state index in [0.717, 1.165) is 16.9 Å². The first kappa shape index (κ1) is 24.4. The van der Waals surface area contributed by atoms with Crippen LogP contribution in [0, 0.1) is 6.92 Å². The molecule has 2 aromatic carbocycles. The molecule has 0 unspecified atom stereocenters. The Hall–Kier alpha value is -3.22. The van der Waals surface area contributed by atoms with Gasteiger partial charge in [0.15, 0.2) is 6.61 Å². The average molecular weight is 552 g/mol. The number of aryl methyl sites for hydroxylation is 1. The van der Waals surface area contributed by atoms with Gasteiger partial charge in [0.1, 0.15) is 9.96 Å². The van der Waals surface area contributed by atoms with Crippen molar-refractivity contribution >= 4 is 61.1 Å². The number of hydrazone groups is 1.